The normalized spacial score (nSPS) is 11.8. The Bertz CT molecular complexity index is 1730. The van der Waals surface area contributed by atoms with Crippen LogP contribution >= 0.6 is 0 Å². The number of para-hydroxylation sites is 2. The van der Waals surface area contributed by atoms with Gasteiger partial charge in [0.15, 0.2) is 0 Å². The molecule has 0 aliphatic heterocycles. The minimum atomic E-state index is 0.882. The van der Waals surface area contributed by atoms with Crippen molar-refractivity contribution in [1.82, 2.24) is 4.57 Å². The molecule has 0 saturated carbocycles. The molecule has 0 atom stereocenters. The van der Waals surface area contributed by atoms with Crippen LogP contribution in [0.25, 0.3) is 50.1 Å². The first-order chi connectivity index (χ1) is 16.6. The van der Waals surface area contributed by atoms with E-state index in [2.05, 4.69) is 111 Å². The fourth-order valence-electron chi connectivity index (χ4n) is 4.98. The minimum Gasteiger partial charge on any atom is -0.456 e. The topological polar surface area (TPSA) is 18.1 Å². The van der Waals surface area contributed by atoms with Crippen LogP contribution < -0.4 is 5.46 Å². The first-order valence-electron chi connectivity index (χ1n) is 11.6. The van der Waals surface area contributed by atoms with Crippen LogP contribution in [0.5, 0.6) is 0 Å². The summed E-state index contributed by atoms with van der Waals surface area (Å²) in [5.74, 6) is 0.882. The summed E-state index contributed by atoms with van der Waals surface area (Å²) in [5, 5.41) is 3.66. The van der Waals surface area contributed by atoms with Crippen LogP contribution in [-0.2, 0) is 0 Å². The molecule has 4 aromatic carbocycles. The van der Waals surface area contributed by atoms with E-state index in [9.17, 15) is 0 Å². The number of rotatable bonds is 4. The van der Waals surface area contributed by atoms with Gasteiger partial charge >= 0.3 is 0 Å². The number of benzene rings is 4. The predicted molar refractivity (Wildman–Crippen MR) is 148 cm³/mol. The van der Waals surface area contributed by atoms with Gasteiger partial charge in [-0.25, -0.2) is 0 Å². The number of furan rings is 1. The Labute approximate surface area is 199 Å². The van der Waals surface area contributed by atoms with Crippen LogP contribution in [0.4, 0.5) is 0 Å². The third-order valence-corrected chi connectivity index (χ3v) is 6.69. The van der Waals surface area contributed by atoms with Crippen molar-refractivity contribution in [2.45, 2.75) is 6.92 Å². The highest BCUT2D eigenvalue weighted by atomic mass is 16.3. The second-order valence-corrected chi connectivity index (χ2v) is 8.82. The molecule has 0 spiro atoms. The summed E-state index contributed by atoms with van der Waals surface area (Å²) >= 11 is 0. The second-order valence-electron chi connectivity index (χ2n) is 8.82. The predicted octanol–water partition coefficient (Wildman–Crippen LogP) is 6.82. The number of hydrogen-bond donors (Lipinski definition) is 0. The number of fused-ring (bicyclic) bond motifs is 4. The molecule has 2 heterocycles. The molecule has 0 aliphatic carbocycles. The number of aromatic nitrogens is 1. The van der Waals surface area contributed by atoms with E-state index in [4.69, 9.17) is 4.42 Å². The highest BCUT2D eigenvalue weighted by Crippen LogP contribution is 2.34. The van der Waals surface area contributed by atoms with Crippen molar-refractivity contribution in [3.8, 4) is 5.69 Å². The monoisotopic (exact) mass is 437 g/mol. The Balaban J connectivity index is 1.43. The van der Waals surface area contributed by atoms with E-state index >= 15 is 0 Å². The first kappa shape index (κ1) is 20.4. The molecule has 0 bridgehead atoms. The molecule has 2 aromatic heterocycles. The van der Waals surface area contributed by atoms with Crippen molar-refractivity contribution >= 4 is 57.7 Å². The molecule has 0 aliphatic rings. The SMILES string of the molecule is Bc1cccc2oc(/C=C\C(=C)c3ccc4c(c3)c3ccccc3n4-c3ccccc3)c(C)c12. The summed E-state index contributed by atoms with van der Waals surface area (Å²) in [6.07, 6.45) is 4.09. The summed E-state index contributed by atoms with van der Waals surface area (Å²) in [5.41, 5.74) is 8.94. The first-order valence-corrected chi connectivity index (χ1v) is 11.6. The highest BCUT2D eigenvalue weighted by Gasteiger charge is 2.13. The molecule has 2 nitrogen and oxygen atoms in total. The lowest BCUT2D eigenvalue weighted by Gasteiger charge is -2.08. The Morgan fingerprint density at radius 2 is 1.62 bits per heavy atom. The summed E-state index contributed by atoms with van der Waals surface area (Å²) in [6, 6.07) is 31.9. The van der Waals surface area contributed by atoms with Crippen molar-refractivity contribution in [1.29, 1.82) is 0 Å². The van der Waals surface area contributed by atoms with Crippen LogP contribution in [0.1, 0.15) is 16.9 Å². The largest absolute Gasteiger partial charge is 0.456 e. The van der Waals surface area contributed by atoms with Crippen molar-refractivity contribution in [3.05, 3.63) is 121 Å². The third kappa shape index (κ3) is 3.21. The fraction of sp³-hybridized carbons (Fsp3) is 0.0323. The Hall–Kier alpha value is -4.24. The van der Waals surface area contributed by atoms with Gasteiger partial charge in [-0.1, -0.05) is 72.7 Å². The quantitative estimate of drug-likeness (QED) is 0.219. The van der Waals surface area contributed by atoms with Gasteiger partial charge in [0.1, 0.15) is 19.2 Å². The van der Waals surface area contributed by atoms with Gasteiger partial charge in [0.05, 0.1) is 11.0 Å². The molecule has 0 N–H and O–H groups in total. The van der Waals surface area contributed by atoms with Crippen LogP contribution in [0.3, 0.4) is 0 Å². The van der Waals surface area contributed by atoms with Crippen molar-refractivity contribution in [3.63, 3.8) is 0 Å². The summed E-state index contributed by atoms with van der Waals surface area (Å²) < 4.78 is 8.44. The van der Waals surface area contributed by atoms with Gasteiger partial charge in [0.25, 0.3) is 0 Å². The molecule has 34 heavy (non-hydrogen) atoms. The van der Waals surface area contributed by atoms with E-state index in [0.29, 0.717) is 0 Å². The molecule has 0 fully saturated rings. The fourth-order valence-corrected chi connectivity index (χ4v) is 4.98. The van der Waals surface area contributed by atoms with Gasteiger partial charge in [0, 0.05) is 27.4 Å². The molecule has 3 heteroatoms. The van der Waals surface area contributed by atoms with Gasteiger partial charge in [-0.3, -0.25) is 0 Å². The van der Waals surface area contributed by atoms with E-state index in [0.717, 1.165) is 28.2 Å². The minimum absolute atomic E-state index is 0.882. The molecule has 0 radical (unpaired) electrons. The third-order valence-electron chi connectivity index (χ3n) is 6.69. The lowest BCUT2D eigenvalue weighted by atomic mass is 9.90. The van der Waals surface area contributed by atoms with E-state index in [1.165, 1.54) is 38.2 Å². The maximum Gasteiger partial charge on any atom is 0.140 e. The lowest BCUT2D eigenvalue weighted by Crippen LogP contribution is -2.02. The summed E-state index contributed by atoms with van der Waals surface area (Å²) in [6.45, 7) is 6.47. The molecule has 6 aromatic rings. The summed E-state index contributed by atoms with van der Waals surface area (Å²) in [7, 11) is 2.12. The molecule has 0 unspecified atom stereocenters. The maximum absolute atomic E-state index is 6.11. The number of allylic oxidation sites excluding steroid dienone is 2. The Kier molecular flexibility index (Phi) is 4.77. The molecule has 6 rings (SSSR count). The molecule has 0 amide bonds. The van der Waals surface area contributed by atoms with Crippen LogP contribution in [0.2, 0.25) is 0 Å². The number of nitrogens with zero attached hydrogens (tertiary/aromatic N) is 1. The average molecular weight is 437 g/mol. The standard InChI is InChI=1S/C31H24BNO/c1-20(15-18-29-21(2)31-26(32)12-8-14-30(31)34-29)22-16-17-28-25(19-22)24-11-6-7-13-27(24)33(28)23-9-4-3-5-10-23/h3-19H,1,32H2,2H3/b18-15-. The van der Waals surface area contributed by atoms with Crippen LogP contribution in [0, 0.1) is 6.92 Å². The van der Waals surface area contributed by atoms with E-state index in [1.807, 2.05) is 18.2 Å². The number of aryl methyl sites for hydroxylation is 1. The molecular formula is C31H24BNO. The van der Waals surface area contributed by atoms with Crippen LogP contribution in [0.15, 0.2) is 108 Å². The van der Waals surface area contributed by atoms with Crippen molar-refractivity contribution in [2.24, 2.45) is 0 Å². The average Bonchev–Trinajstić information content (AvgIpc) is 3.38. The maximum atomic E-state index is 6.11. The van der Waals surface area contributed by atoms with E-state index in [-0.39, 0.29) is 0 Å². The van der Waals surface area contributed by atoms with E-state index < -0.39 is 0 Å². The lowest BCUT2D eigenvalue weighted by molar-refractivity contribution is 0.601. The van der Waals surface area contributed by atoms with Crippen LogP contribution in [-0.4, -0.2) is 12.4 Å². The highest BCUT2D eigenvalue weighted by molar-refractivity contribution is 6.39. The van der Waals surface area contributed by atoms with Gasteiger partial charge in [-0.15, -0.1) is 0 Å². The number of hydrogen-bond acceptors (Lipinski definition) is 1. The zero-order chi connectivity index (χ0) is 23.2. The van der Waals surface area contributed by atoms with Gasteiger partial charge in [-0.2, -0.15) is 0 Å². The van der Waals surface area contributed by atoms with E-state index in [1.54, 1.807) is 0 Å². The Morgan fingerprint density at radius 1 is 0.853 bits per heavy atom. The zero-order valence-electron chi connectivity index (χ0n) is 19.4. The van der Waals surface area contributed by atoms with Gasteiger partial charge in [-0.05, 0) is 60.5 Å². The zero-order valence-corrected chi connectivity index (χ0v) is 19.4. The van der Waals surface area contributed by atoms with Gasteiger partial charge in [0.2, 0.25) is 0 Å². The van der Waals surface area contributed by atoms with Crippen molar-refractivity contribution < 1.29 is 4.42 Å². The van der Waals surface area contributed by atoms with Gasteiger partial charge < -0.3 is 8.98 Å². The molecular weight excluding hydrogens is 413 g/mol. The van der Waals surface area contributed by atoms with Crippen molar-refractivity contribution in [2.75, 3.05) is 0 Å². The smallest absolute Gasteiger partial charge is 0.140 e. The second kappa shape index (κ2) is 7.96. The Morgan fingerprint density at radius 3 is 2.44 bits per heavy atom. The molecule has 162 valence electrons. The molecule has 0 saturated heterocycles. The summed E-state index contributed by atoms with van der Waals surface area (Å²) in [4.78, 5) is 0.